The van der Waals surface area contributed by atoms with Crippen LogP contribution in [0, 0.1) is 11.8 Å². The molecule has 0 aliphatic rings. The van der Waals surface area contributed by atoms with Crippen molar-refractivity contribution in [2.24, 2.45) is 0 Å². The lowest BCUT2D eigenvalue weighted by Gasteiger charge is -1.94. The van der Waals surface area contributed by atoms with Gasteiger partial charge in [0.15, 0.2) is 4.96 Å². The van der Waals surface area contributed by atoms with E-state index in [0.29, 0.717) is 0 Å². The predicted molar refractivity (Wildman–Crippen MR) is 58.2 cm³/mol. The topological polar surface area (TPSA) is 29.3 Å². The summed E-state index contributed by atoms with van der Waals surface area (Å²) in [7, 11) is 0. The molecule has 0 aliphatic heterocycles. The number of aromatic nitrogens is 2. The molecule has 0 saturated carbocycles. The van der Waals surface area contributed by atoms with Crippen molar-refractivity contribution < 1.29 is 0 Å². The molecule has 1 N–H and O–H groups in total. The molecule has 72 valence electrons. The molecule has 0 unspecified atom stereocenters. The van der Waals surface area contributed by atoms with Gasteiger partial charge in [-0.05, 0) is 6.92 Å². The van der Waals surface area contributed by atoms with E-state index >= 15 is 0 Å². The zero-order valence-corrected chi connectivity index (χ0v) is 8.77. The van der Waals surface area contributed by atoms with Crippen LogP contribution in [0.3, 0.4) is 0 Å². The average molecular weight is 205 g/mol. The van der Waals surface area contributed by atoms with Gasteiger partial charge in [0.1, 0.15) is 0 Å². The van der Waals surface area contributed by atoms with Crippen molar-refractivity contribution in [1.82, 2.24) is 14.7 Å². The molecule has 0 fully saturated rings. The van der Waals surface area contributed by atoms with E-state index in [4.69, 9.17) is 0 Å². The van der Waals surface area contributed by atoms with Crippen LogP contribution in [0.4, 0.5) is 0 Å². The monoisotopic (exact) mass is 205 g/mol. The van der Waals surface area contributed by atoms with Crippen molar-refractivity contribution in [3.63, 3.8) is 0 Å². The maximum atomic E-state index is 4.44. The summed E-state index contributed by atoms with van der Waals surface area (Å²) in [5.41, 5.74) is 1.06. The van der Waals surface area contributed by atoms with Crippen molar-refractivity contribution in [2.45, 2.75) is 13.5 Å². The van der Waals surface area contributed by atoms with E-state index < -0.39 is 0 Å². The van der Waals surface area contributed by atoms with Crippen LogP contribution in [0.25, 0.3) is 4.96 Å². The molecule has 0 amide bonds. The Morgan fingerprint density at radius 1 is 1.64 bits per heavy atom. The van der Waals surface area contributed by atoms with Gasteiger partial charge in [0.25, 0.3) is 0 Å². The number of hydrogen-bond acceptors (Lipinski definition) is 3. The quantitative estimate of drug-likeness (QED) is 0.608. The Morgan fingerprint density at radius 3 is 3.36 bits per heavy atom. The molecule has 14 heavy (non-hydrogen) atoms. The fourth-order valence-corrected chi connectivity index (χ4v) is 1.92. The highest BCUT2D eigenvalue weighted by Gasteiger charge is 2.00. The number of nitrogens with zero attached hydrogens (tertiary/aromatic N) is 2. The first-order valence-electron chi connectivity index (χ1n) is 4.41. The van der Waals surface area contributed by atoms with Gasteiger partial charge in [-0.25, -0.2) is 4.98 Å². The second-order valence-electron chi connectivity index (χ2n) is 2.86. The molecule has 2 aromatic rings. The smallest absolute Gasteiger partial charge is 0.193 e. The van der Waals surface area contributed by atoms with Gasteiger partial charge in [0.2, 0.25) is 0 Å². The summed E-state index contributed by atoms with van der Waals surface area (Å²) in [6.45, 7) is 3.35. The Morgan fingerprint density at radius 2 is 2.57 bits per heavy atom. The van der Waals surface area contributed by atoms with Crippen molar-refractivity contribution in [3.05, 3.63) is 23.5 Å². The Hall–Kier alpha value is -1.31. The summed E-state index contributed by atoms with van der Waals surface area (Å²) < 4.78 is 2.03. The fraction of sp³-hybridized carbons (Fsp3) is 0.300. The van der Waals surface area contributed by atoms with Crippen molar-refractivity contribution in [1.29, 1.82) is 0 Å². The van der Waals surface area contributed by atoms with E-state index in [1.54, 1.807) is 11.3 Å². The second-order valence-corrected chi connectivity index (χ2v) is 3.73. The fourth-order valence-electron chi connectivity index (χ4n) is 1.20. The van der Waals surface area contributed by atoms with Crippen LogP contribution in [-0.4, -0.2) is 15.9 Å². The second kappa shape index (κ2) is 4.27. The Kier molecular flexibility index (Phi) is 2.82. The summed E-state index contributed by atoms with van der Waals surface area (Å²) in [5.74, 6) is 5.79. The zero-order valence-electron chi connectivity index (χ0n) is 7.95. The molecular formula is C10H11N3S. The molecule has 0 aromatic carbocycles. The van der Waals surface area contributed by atoms with Crippen molar-refractivity contribution in [3.8, 4) is 11.8 Å². The van der Waals surface area contributed by atoms with Gasteiger partial charge in [-0.1, -0.05) is 5.92 Å². The minimum atomic E-state index is 0.724. The lowest BCUT2D eigenvalue weighted by atomic mass is 10.4. The van der Waals surface area contributed by atoms with Crippen LogP contribution in [0.1, 0.15) is 12.6 Å². The lowest BCUT2D eigenvalue weighted by Crippen LogP contribution is -2.13. The van der Waals surface area contributed by atoms with Gasteiger partial charge >= 0.3 is 0 Å². The van der Waals surface area contributed by atoms with Gasteiger partial charge in [-0.15, -0.1) is 17.3 Å². The number of thiazole rings is 1. The predicted octanol–water partition coefficient (Wildman–Crippen LogP) is 1.51. The third kappa shape index (κ3) is 1.95. The average Bonchev–Trinajstić information content (AvgIpc) is 2.72. The van der Waals surface area contributed by atoms with Gasteiger partial charge in [-0.2, -0.15) is 0 Å². The maximum Gasteiger partial charge on any atom is 0.193 e. The molecule has 3 nitrogen and oxygen atoms in total. The normalized spacial score (nSPS) is 10.1. The Bertz CT molecular complexity index is 443. The molecule has 2 heterocycles. The number of nitrogens with one attached hydrogen (secondary N) is 1. The highest BCUT2D eigenvalue weighted by molar-refractivity contribution is 7.15. The van der Waals surface area contributed by atoms with Crippen molar-refractivity contribution in [2.75, 3.05) is 6.54 Å². The van der Waals surface area contributed by atoms with E-state index in [0.717, 1.165) is 23.7 Å². The summed E-state index contributed by atoms with van der Waals surface area (Å²) in [6, 6.07) is 0. The first kappa shape index (κ1) is 9.25. The largest absolute Gasteiger partial charge is 0.300 e. The van der Waals surface area contributed by atoms with Crippen LogP contribution in [0.15, 0.2) is 17.8 Å². The van der Waals surface area contributed by atoms with Crippen LogP contribution in [-0.2, 0) is 6.54 Å². The molecular weight excluding hydrogens is 194 g/mol. The van der Waals surface area contributed by atoms with Gasteiger partial charge < -0.3 is 5.32 Å². The first-order valence-corrected chi connectivity index (χ1v) is 5.29. The lowest BCUT2D eigenvalue weighted by molar-refractivity contribution is 0.754. The maximum absolute atomic E-state index is 4.44. The summed E-state index contributed by atoms with van der Waals surface area (Å²) in [4.78, 5) is 5.49. The molecule has 0 atom stereocenters. The Balaban J connectivity index is 1.97. The third-order valence-electron chi connectivity index (χ3n) is 1.84. The molecule has 0 aliphatic carbocycles. The first-order chi connectivity index (χ1) is 6.90. The van der Waals surface area contributed by atoms with E-state index in [2.05, 4.69) is 22.1 Å². The standard InChI is InChI=1S/C10H11N3S/c1-2-3-4-11-7-9-8-13-5-6-14-10(13)12-9/h5-6,8,11H,4,7H2,1H3. The van der Waals surface area contributed by atoms with E-state index in [9.17, 15) is 0 Å². The molecule has 0 spiro atoms. The Labute approximate surface area is 86.8 Å². The summed E-state index contributed by atoms with van der Waals surface area (Å²) >= 11 is 1.65. The molecule has 0 saturated heterocycles. The minimum Gasteiger partial charge on any atom is -0.300 e. The SMILES string of the molecule is CC#CCNCc1cn2ccsc2n1. The highest BCUT2D eigenvalue weighted by Crippen LogP contribution is 2.10. The molecule has 2 rings (SSSR count). The minimum absolute atomic E-state index is 0.724. The highest BCUT2D eigenvalue weighted by atomic mass is 32.1. The van der Waals surface area contributed by atoms with Crippen LogP contribution < -0.4 is 5.32 Å². The number of hydrogen-bond donors (Lipinski definition) is 1. The van der Waals surface area contributed by atoms with Crippen LogP contribution in [0.2, 0.25) is 0 Å². The van der Waals surface area contributed by atoms with Gasteiger partial charge in [0, 0.05) is 24.3 Å². The van der Waals surface area contributed by atoms with E-state index in [1.807, 2.05) is 29.1 Å². The number of rotatable bonds is 3. The summed E-state index contributed by atoms with van der Waals surface area (Å²) in [6.07, 6.45) is 4.06. The molecule has 0 bridgehead atoms. The van der Waals surface area contributed by atoms with Crippen LogP contribution in [0.5, 0.6) is 0 Å². The van der Waals surface area contributed by atoms with Gasteiger partial charge in [-0.3, -0.25) is 4.40 Å². The summed E-state index contributed by atoms with van der Waals surface area (Å²) in [5, 5.41) is 5.24. The number of fused-ring (bicyclic) bond motifs is 1. The van der Waals surface area contributed by atoms with E-state index in [1.165, 1.54) is 0 Å². The third-order valence-corrected chi connectivity index (χ3v) is 2.61. The van der Waals surface area contributed by atoms with Crippen molar-refractivity contribution >= 4 is 16.3 Å². The van der Waals surface area contributed by atoms with Crippen LogP contribution >= 0.6 is 11.3 Å². The van der Waals surface area contributed by atoms with Gasteiger partial charge in [0.05, 0.1) is 12.2 Å². The molecule has 0 radical (unpaired) electrons. The number of imidazole rings is 1. The van der Waals surface area contributed by atoms with E-state index in [-0.39, 0.29) is 0 Å². The zero-order chi connectivity index (χ0) is 9.80. The molecule has 4 heteroatoms. The molecule has 2 aromatic heterocycles.